The number of aromatic nitrogens is 1. The third kappa shape index (κ3) is 4.20. The van der Waals surface area contributed by atoms with Crippen molar-refractivity contribution in [3.63, 3.8) is 0 Å². The van der Waals surface area contributed by atoms with Crippen molar-refractivity contribution in [1.29, 1.82) is 5.26 Å². The van der Waals surface area contributed by atoms with Gasteiger partial charge in [0.15, 0.2) is 0 Å². The molecule has 0 aromatic carbocycles. The third-order valence-electron chi connectivity index (χ3n) is 4.92. The van der Waals surface area contributed by atoms with E-state index in [4.69, 9.17) is 10.00 Å². The van der Waals surface area contributed by atoms with E-state index < -0.39 is 0 Å². The Bertz CT molecular complexity index is 632. The molecule has 134 valence electrons. The van der Waals surface area contributed by atoms with Gasteiger partial charge in [0, 0.05) is 51.4 Å². The number of amides is 1. The lowest BCUT2D eigenvalue weighted by atomic mass is 10.2. The van der Waals surface area contributed by atoms with E-state index in [2.05, 4.69) is 34.7 Å². The van der Waals surface area contributed by atoms with Gasteiger partial charge in [-0.15, -0.1) is 0 Å². The number of nitriles is 1. The minimum Gasteiger partial charge on any atom is -0.444 e. The fourth-order valence-electron chi connectivity index (χ4n) is 3.31. The Balaban J connectivity index is 1.48. The second-order valence-electron chi connectivity index (χ2n) is 6.87. The number of piperazine rings is 1. The molecule has 25 heavy (non-hydrogen) atoms. The summed E-state index contributed by atoms with van der Waals surface area (Å²) >= 11 is 0. The van der Waals surface area contributed by atoms with Gasteiger partial charge in [-0.25, -0.2) is 9.78 Å². The van der Waals surface area contributed by atoms with Crippen molar-refractivity contribution < 1.29 is 9.53 Å². The lowest BCUT2D eigenvalue weighted by Gasteiger charge is -2.36. The van der Waals surface area contributed by atoms with Crippen molar-refractivity contribution in [2.45, 2.75) is 32.4 Å². The zero-order valence-electron chi connectivity index (χ0n) is 14.9. The summed E-state index contributed by atoms with van der Waals surface area (Å²) in [5, 5.41) is 8.84. The van der Waals surface area contributed by atoms with Crippen LogP contribution in [0.15, 0.2) is 18.3 Å². The summed E-state index contributed by atoms with van der Waals surface area (Å²) in [5.41, 5.74) is 0.548. The quantitative estimate of drug-likeness (QED) is 0.832. The second-order valence-corrected chi connectivity index (χ2v) is 6.87. The second kappa shape index (κ2) is 7.70. The predicted octanol–water partition coefficient (Wildman–Crippen LogP) is 1.69. The standard InChI is InChI=1S/C18H25N5O2/c1-14(2)21-7-9-22(10-8-21)18(24)25-16-5-6-23(13-16)17-4-3-15(11-19)12-20-17/h3-4,12,14,16H,5-10,13H2,1-2H3/t16-/m1/s1. The first-order valence-electron chi connectivity index (χ1n) is 8.87. The minimum absolute atomic E-state index is 0.104. The summed E-state index contributed by atoms with van der Waals surface area (Å²) in [7, 11) is 0. The van der Waals surface area contributed by atoms with Crippen LogP contribution in [0.3, 0.4) is 0 Å². The Morgan fingerprint density at radius 3 is 2.64 bits per heavy atom. The first-order valence-corrected chi connectivity index (χ1v) is 8.87. The van der Waals surface area contributed by atoms with Crippen LogP contribution in [0, 0.1) is 11.3 Å². The molecule has 0 bridgehead atoms. The van der Waals surface area contributed by atoms with Crippen LogP contribution in [0.4, 0.5) is 10.6 Å². The predicted molar refractivity (Wildman–Crippen MR) is 94.3 cm³/mol. The number of hydrogen-bond donors (Lipinski definition) is 0. The maximum atomic E-state index is 12.4. The summed E-state index contributed by atoms with van der Waals surface area (Å²) < 4.78 is 5.69. The van der Waals surface area contributed by atoms with Crippen molar-refractivity contribution in [3.8, 4) is 6.07 Å². The normalized spacial score (nSPS) is 21.4. The Hall–Kier alpha value is -2.33. The molecule has 1 atom stereocenters. The van der Waals surface area contributed by atoms with Gasteiger partial charge in [0.1, 0.15) is 18.0 Å². The molecular formula is C18H25N5O2. The molecule has 2 saturated heterocycles. The van der Waals surface area contributed by atoms with Gasteiger partial charge in [0.05, 0.1) is 12.1 Å². The van der Waals surface area contributed by atoms with Crippen LogP contribution >= 0.6 is 0 Å². The average Bonchev–Trinajstić information content (AvgIpc) is 3.10. The van der Waals surface area contributed by atoms with E-state index in [0.29, 0.717) is 18.2 Å². The Kier molecular flexibility index (Phi) is 5.39. The summed E-state index contributed by atoms with van der Waals surface area (Å²) in [6.07, 6.45) is 2.07. The SMILES string of the molecule is CC(C)N1CCN(C(=O)O[C@@H]2CCN(c3ccc(C#N)cn3)C2)CC1. The lowest BCUT2D eigenvalue weighted by molar-refractivity contribution is 0.0474. The zero-order valence-corrected chi connectivity index (χ0v) is 14.9. The molecule has 7 nitrogen and oxygen atoms in total. The number of nitrogens with zero attached hydrogens (tertiary/aromatic N) is 5. The van der Waals surface area contributed by atoms with E-state index in [1.54, 1.807) is 12.3 Å². The van der Waals surface area contributed by atoms with E-state index in [0.717, 1.165) is 45.0 Å². The average molecular weight is 343 g/mol. The molecule has 7 heteroatoms. The first-order chi connectivity index (χ1) is 12.1. The molecule has 3 heterocycles. The van der Waals surface area contributed by atoms with Gasteiger partial charge in [0.2, 0.25) is 0 Å². The van der Waals surface area contributed by atoms with E-state index in [1.807, 2.05) is 11.0 Å². The fourth-order valence-corrected chi connectivity index (χ4v) is 3.31. The highest BCUT2D eigenvalue weighted by Gasteiger charge is 2.30. The van der Waals surface area contributed by atoms with Crippen molar-refractivity contribution in [2.24, 2.45) is 0 Å². The molecular weight excluding hydrogens is 318 g/mol. The topological polar surface area (TPSA) is 72.7 Å². The number of hydrogen-bond acceptors (Lipinski definition) is 6. The summed E-state index contributed by atoms with van der Waals surface area (Å²) in [5.74, 6) is 0.822. The molecule has 2 aliphatic heterocycles. The molecule has 1 amide bonds. The Labute approximate surface area is 148 Å². The smallest absolute Gasteiger partial charge is 0.410 e. The van der Waals surface area contributed by atoms with E-state index in [1.165, 1.54) is 0 Å². The number of anilines is 1. The monoisotopic (exact) mass is 343 g/mol. The molecule has 2 fully saturated rings. The van der Waals surface area contributed by atoms with Crippen molar-refractivity contribution in [2.75, 3.05) is 44.2 Å². The number of ether oxygens (including phenoxy) is 1. The largest absolute Gasteiger partial charge is 0.444 e. The van der Waals surface area contributed by atoms with Gasteiger partial charge in [-0.05, 0) is 26.0 Å². The Morgan fingerprint density at radius 2 is 2.04 bits per heavy atom. The highest BCUT2D eigenvalue weighted by Crippen LogP contribution is 2.21. The van der Waals surface area contributed by atoms with Crippen LogP contribution in [0.5, 0.6) is 0 Å². The minimum atomic E-state index is -0.206. The molecule has 0 spiro atoms. The highest BCUT2D eigenvalue weighted by atomic mass is 16.6. The molecule has 1 aromatic heterocycles. The van der Waals surface area contributed by atoms with Crippen LogP contribution in [0.2, 0.25) is 0 Å². The fraction of sp³-hybridized carbons (Fsp3) is 0.611. The van der Waals surface area contributed by atoms with Crippen LogP contribution in [-0.2, 0) is 4.74 Å². The summed E-state index contributed by atoms with van der Waals surface area (Å²) in [6, 6.07) is 6.18. The van der Waals surface area contributed by atoms with Gasteiger partial charge in [-0.3, -0.25) is 4.90 Å². The van der Waals surface area contributed by atoms with Gasteiger partial charge < -0.3 is 14.5 Å². The van der Waals surface area contributed by atoms with Gasteiger partial charge in [-0.1, -0.05) is 0 Å². The van der Waals surface area contributed by atoms with Crippen LogP contribution in [-0.4, -0.2) is 72.3 Å². The Morgan fingerprint density at radius 1 is 1.28 bits per heavy atom. The lowest BCUT2D eigenvalue weighted by Crippen LogP contribution is -2.51. The number of carbonyl (C=O) groups is 1. The first kappa shape index (κ1) is 17.5. The maximum absolute atomic E-state index is 12.4. The molecule has 0 N–H and O–H groups in total. The molecule has 0 unspecified atom stereocenters. The van der Waals surface area contributed by atoms with Crippen LogP contribution in [0.1, 0.15) is 25.8 Å². The molecule has 1 aromatic rings. The van der Waals surface area contributed by atoms with Crippen molar-refractivity contribution in [3.05, 3.63) is 23.9 Å². The summed E-state index contributed by atoms with van der Waals surface area (Å²) in [4.78, 5) is 23.0. The molecule has 3 rings (SSSR count). The van der Waals surface area contributed by atoms with Crippen molar-refractivity contribution in [1.82, 2.24) is 14.8 Å². The highest BCUT2D eigenvalue weighted by molar-refractivity contribution is 5.68. The third-order valence-corrected chi connectivity index (χ3v) is 4.92. The van der Waals surface area contributed by atoms with E-state index in [9.17, 15) is 4.79 Å². The number of rotatable bonds is 3. The van der Waals surface area contributed by atoms with Crippen LogP contribution < -0.4 is 4.90 Å². The van der Waals surface area contributed by atoms with Gasteiger partial charge >= 0.3 is 6.09 Å². The van der Waals surface area contributed by atoms with Gasteiger partial charge in [-0.2, -0.15) is 5.26 Å². The summed E-state index contributed by atoms with van der Waals surface area (Å²) in [6.45, 7) is 9.07. The number of pyridine rings is 1. The number of carbonyl (C=O) groups excluding carboxylic acids is 1. The van der Waals surface area contributed by atoms with Crippen molar-refractivity contribution >= 4 is 11.9 Å². The maximum Gasteiger partial charge on any atom is 0.410 e. The zero-order chi connectivity index (χ0) is 17.8. The molecule has 0 aliphatic carbocycles. The van der Waals surface area contributed by atoms with Gasteiger partial charge in [0.25, 0.3) is 0 Å². The van der Waals surface area contributed by atoms with Crippen LogP contribution in [0.25, 0.3) is 0 Å². The molecule has 0 saturated carbocycles. The molecule has 2 aliphatic rings. The van der Waals surface area contributed by atoms with E-state index >= 15 is 0 Å². The van der Waals surface area contributed by atoms with E-state index in [-0.39, 0.29) is 12.2 Å². The molecule has 0 radical (unpaired) electrons.